The fourth-order valence-corrected chi connectivity index (χ4v) is 6.05. The topological polar surface area (TPSA) is 114 Å². The molecule has 0 bridgehead atoms. The summed E-state index contributed by atoms with van der Waals surface area (Å²) in [4.78, 5) is 21.5. The molecule has 2 aromatic rings. The molecule has 4 N–H and O–H groups in total. The zero-order chi connectivity index (χ0) is 27.8. The number of nitrogens with two attached hydrogens (primary N) is 1. The van der Waals surface area contributed by atoms with Crippen molar-refractivity contribution < 1.29 is 27.8 Å². The molecule has 1 aliphatic carbocycles. The number of piperidine rings is 1. The molecule has 1 unspecified atom stereocenters. The Labute approximate surface area is 229 Å². The number of hydrogen-bond acceptors (Lipinski definition) is 7. The minimum Gasteiger partial charge on any atom is -0.480 e. The number of benzene rings is 1. The molecule has 8 nitrogen and oxygen atoms in total. The molecule has 2 saturated heterocycles. The molecule has 3 heterocycles. The number of nitrogens with zero attached hydrogens (tertiary/aromatic N) is 3. The maximum absolute atomic E-state index is 14.4. The van der Waals surface area contributed by atoms with Crippen LogP contribution < -0.4 is 20.7 Å². The standard InChI is InChI=1S/C27H31ClF3N5O3/c28-17-6-7-18(19(12-17)16-4-2-1-3-5-16)23(27(29,30)31)39-22-13-21(34-25(32)35-22)36-10-8-26(9-11-36)14-20(24(37)38)33-15-26/h4,6-7,12-13,20,23,33H,1-3,5,8-11,14-15H2,(H,37,38)(H2,32,34,35)/t20?,23-/m1/s1. The molecule has 1 aromatic heterocycles. The number of rotatable bonds is 6. The molecule has 0 radical (unpaired) electrons. The van der Waals surface area contributed by atoms with Crippen LogP contribution in [0.4, 0.5) is 24.9 Å². The van der Waals surface area contributed by atoms with E-state index in [-0.39, 0.29) is 22.8 Å². The second-order valence-electron chi connectivity index (χ2n) is 10.6. The average Bonchev–Trinajstić information content (AvgIpc) is 3.31. The highest BCUT2D eigenvalue weighted by Gasteiger charge is 2.46. The van der Waals surface area contributed by atoms with Gasteiger partial charge in [0.15, 0.2) is 0 Å². The Kier molecular flexibility index (Phi) is 7.65. The fraction of sp³-hybridized carbons (Fsp3) is 0.519. The number of carboxylic acid groups (broad SMARTS) is 1. The molecule has 1 aromatic carbocycles. The van der Waals surface area contributed by atoms with E-state index in [9.17, 15) is 23.1 Å². The molecule has 12 heteroatoms. The number of ether oxygens (including phenoxy) is 1. The lowest BCUT2D eigenvalue weighted by Crippen LogP contribution is -2.41. The molecule has 0 amide bonds. The summed E-state index contributed by atoms with van der Waals surface area (Å²) >= 11 is 6.19. The van der Waals surface area contributed by atoms with E-state index >= 15 is 0 Å². The van der Waals surface area contributed by atoms with Crippen molar-refractivity contribution in [2.75, 3.05) is 30.3 Å². The van der Waals surface area contributed by atoms with E-state index in [4.69, 9.17) is 22.1 Å². The summed E-state index contributed by atoms with van der Waals surface area (Å²) in [6, 6.07) is 5.18. The summed E-state index contributed by atoms with van der Waals surface area (Å²) in [5, 5.41) is 12.7. The van der Waals surface area contributed by atoms with Crippen molar-refractivity contribution in [1.82, 2.24) is 15.3 Å². The second-order valence-corrected chi connectivity index (χ2v) is 11.1. The Bertz CT molecular complexity index is 1260. The summed E-state index contributed by atoms with van der Waals surface area (Å²) in [5.41, 5.74) is 7.01. The number of anilines is 2. The van der Waals surface area contributed by atoms with Crippen LogP contribution in [0.25, 0.3) is 5.57 Å². The maximum Gasteiger partial charge on any atom is 0.429 e. The SMILES string of the molecule is Nc1nc(O[C@H](c2ccc(Cl)cc2C2=CCCCC2)C(F)(F)F)cc(N2CCC3(CC2)CNC(C(=O)O)C3)n1. The number of carboxylic acids is 1. The summed E-state index contributed by atoms with van der Waals surface area (Å²) in [6.07, 6.45) is 0.300. The zero-order valence-electron chi connectivity index (χ0n) is 21.3. The van der Waals surface area contributed by atoms with E-state index in [1.54, 1.807) is 6.07 Å². The first-order valence-corrected chi connectivity index (χ1v) is 13.5. The van der Waals surface area contributed by atoms with Crippen LogP contribution in [0.15, 0.2) is 30.3 Å². The number of nitrogen functional groups attached to an aromatic ring is 1. The Morgan fingerprint density at radius 1 is 1.23 bits per heavy atom. The first-order valence-electron chi connectivity index (χ1n) is 13.1. The third-order valence-electron chi connectivity index (χ3n) is 7.98. The van der Waals surface area contributed by atoms with Crippen molar-refractivity contribution in [3.63, 3.8) is 0 Å². The van der Waals surface area contributed by atoms with Crippen molar-refractivity contribution >= 4 is 34.9 Å². The summed E-state index contributed by atoms with van der Waals surface area (Å²) in [7, 11) is 0. The molecule has 5 rings (SSSR count). The number of nitrogens with one attached hydrogen (secondary N) is 1. The highest BCUT2D eigenvalue weighted by molar-refractivity contribution is 6.30. The molecule has 3 aliphatic rings. The van der Waals surface area contributed by atoms with Crippen molar-refractivity contribution in [3.8, 4) is 5.88 Å². The van der Waals surface area contributed by atoms with Gasteiger partial charge in [-0.15, -0.1) is 0 Å². The minimum atomic E-state index is -4.73. The van der Waals surface area contributed by atoms with Crippen LogP contribution in [0.1, 0.15) is 62.2 Å². The number of hydrogen-bond donors (Lipinski definition) is 3. The van der Waals surface area contributed by atoms with Crippen molar-refractivity contribution in [1.29, 1.82) is 0 Å². The predicted octanol–water partition coefficient (Wildman–Crippen LogP) is 5.39. The molecule has 39 heavy (non-hydrogen) atoms. The first-order chi connectivity index (χ1) is 18.5. The van der Waals surface area contributed by atoms with Crippen molar-refractivity contribution in [3.05, 3.63) is 46.5 Å². The highest BCUT2D eigenvalue weighted by Crippen LogP contribution is 2.43. The third-order valence-corrected chi connectivity index (χ3v) is 8.22. The van der Waals surface area contributed by atoms with Gasteiger partial charge < -0.3 is 25.8 Å². The highest BCUT2D eigenvalue weighted by atomic mass is 35.5. The van der Waals surface area contributed by atoms with E-state index < -0.39 is 24.3 Å². The Morgan fingerprint density at radius 2 is 2.00 bits per heavy atom. The van der Waals surface area contributed by atoms with Crippen LogP contribution in [0.2, 0.25) is 5.02 Å². The number of aliphatic carboxylic acids is 1. The van der Waals surface area contributed by atoms with Gasteiger partial charge in [0.25, 0.3) is 0 Å². The molecule has 2 atom stereocenters. The zero-order valence-corrected chi connectivity index (χ0v) is 22.1. The Balaban J connectivity index is 1.39. The summed E-state index contributed by atoms with van der Waals surface area (Å²) < 4.78 is 48.9. The smallest absolute Gasteiger partial charge is 0.429 e. The molecular formula is C27H31ClF3N5O3. The van der Waals surface area contributed by atoms with Crippen molar-refractivity contribution in [2.24, 2.45) is 5.41 Å². The fourth-order valence-electron chi connectivity index (χ4n) is 5.88. The normalized spacial score (nSPS) is 22.0. The van der Waals surface area contributed by atoms with E-state index in [2.05, 4.69) is 15.3 Å². The van der Waals surface area contributed by atoms with Gasteiger partial charge in [-0.1, -0.05) is 23.7 Å². The Morgan fingerprint density at radius 3 is 2.64 bits per heavy atom. The van der Waals surface area contributed by atoms with Crippen LogP contribution in [0.5, 0.6) is 5.88 Å². The van der Waals surface area contributed by atoms with Crippen LogP contribution in [0, 0.1) is 5.41 Å². The van der Waals surface area contributed by atoms with Gasteiger partial charge in [0.2, 0.25) is 17.9 Å². The van der Waals surface area contributed by atoms with Gasteiger partial charge in [-0.25, -0.2) is 0 Å². The van der Waals surface area contributed by atoms with E-state index in [0.717, 1.165) is 37.7 Å². The van der Waals surface area contributed by atoms with Gasteiger partial charge in [0, 0.05) is 36.3 Å². The van der Waals surface area contributed by atoms with Gasteiger partial charge in [0.05, 0.1) is 0 Å². The largest absolute Gasteiger partial charge is 0.480 e. The minimum absolute atomic E-state index is 0.0274. The van der Waals surface area contributed by atoms with Crippen molar-refractivity contribution in [2.45, 2.75) is 63.3 Å². The monoisotopic (exact) mass is 565 g/mol. The molecule has 0 saturated carbocycles. The van der Waals surface area contributed by atoms with Gasteiger partial charge in [0.1, 0.15) is 11.9 Å². The number of alkyl halides is 3. The van der Waals surface area contributed by atoms with Gasteiger partial charge in [-0.3, -0.25) is 4.79 Å². The Hall–Kier alpha value is -3.05. The maximum atomic E-state index is 14.4. The van der Waals surface area contributed by atoms with Gasteiger partial charge in [-0.2, -0.15) is 23.1 Å². The lowest BCUT2D eigenvalue weighted by atomic mass is 9.76. The van der Waals surface area contributed by atoms with Crippen LogP contribution in [-0.4, -0.2) is 52.9 Å². The van der Waals surface area contributed by atoms with Gasteiger partial charge in [-0.05, 0) is 73.6 Å². The lowest BCUT2D eigenvalue weighted by molar-refractivity contribution is -0.198. The van der Waals surface area contributed by atoms with E-state index in [1.165, 1.54) is 18.2 Å². The number of aromatic nitrogens is 2. The number of allylic oxidation sites excluding steroid dienone is 2. The van der Waals surface area contributed by atoms with Crippen LogP contribution >= 0.6 is 11.6 Å². The van der Waals surface area contributed by atoms with Crippen LogP contribution in [0.3, 0.4) is 0 Å². The average molecular weight is 566 g/mol. The molecule has 2 aliphatic heterocycles. The molecule has 1 spiro atoms. The first kappa shape index (κ1) is 27.5. The predicted molar refractivity (Wildman–Crippen MR) is 142 cm³/mol. The lowest BCUT2D eigenvalue weighted by Gasteiger charge is -2.39. The summed E-state index contributed by atoms with van der Waals surface area (Å²) in [5.74, 6) is -0.946. The molecular weight excluding hydrogens is 535 g/mol. The van der Waals surface area contributed by atoms with E-state index in [0.29, 0.717) is 48.9 Å². The van der Waals surface area contributed by atoms with Gasteiger partial charge >= 0.3 is 12.1 Å². The van der Waals surface area contributed by atoms with Crippen LogP contribution in [-0.2, 0) is 4.79 Å². The second kappa shape index (κ2) is 10.8. The number of carbonyl (C=O) groups is 1. The number of halogens is 4. The summed E-state index contributed by atoms with van der Waals surface area (Å²) in [6.45, 7) is 1.73. The quantitative estimate of drug-likeness (QED) is 0.427. The third kappa shape index (κ3) is 6.09. The molecule has 210 valence electrons. The van der Waals surface area contributed by atoms with E-state index in [1.807, 2.05) is 11.0 Å². The molecule has 2 fully saturated rings.